The third kappa shape index (κ3) is 3.56. The number of fused-ring (bicyclic) bond motifs is 1. The first-order valence-corrected chi connectivity index (χ1v) is 6.75. The van der Waals surface area contributed by atoms with Crippen LogP contribution in [0.4, 0.5) is 24.5 Å². The van der Waals surface area contributed by atoms with Gasteiger partial charge in [0, 0.05) is 29.3 Å². The van der Waals surface area contributed by atoms with Crippen LogP contribution < -0.4 is 10.6 Å². The number of carbonyl (C=O) groups is 1. The highest BCUT2D eigenvalue weighted by molar-refractivity contribution is 7.99. The molecule has 0 spiro atoms. The number of nitrogen functional groups attached to an aromatic ring is 1. The predicted octanol–water partition coefficient (Wildman–Crippen LogP) is 3.05. The fourth-order valence-corrected chi connectivity index (χ4v) is 2.85. The smallest absolute Gasteiger partial charge is 0.389 e. The van der Waals surface area contributed by atoms with Crippen LogP contribution in [0.2, 0.25) is 0 Å². The second-order valence-corrected chi connectivity index (χ2v) is 5.37. The van der Waals surface area contributed by atoms with E-state index in [1.54, 1.807) is 30.0 Å². The van der Waals surface area contributed by atoms with Crippen LogP contribution in [0.25, 0.3) is 0 Å². The molecule has 1 amide bonds. The lowest BCUT2D eigenvalue weighted by molar-refractivity contribution is -0.143. The molecule has 0 unspecified atom stereocenters. The van der Waals surface area contributed by atoms with E-state index in [4.69, 9.17) is 5.73 Å². The Morgan fingerprint density at radius 1 is 1.42 bits per heavy atom. The summed E-state index contributed by atoms with van der Waals surface area (Å²) in [6.45, 7) is 0.414. The summed E-state index contributed by atoms with van der Waals surface area (Å²) in [6, 6.07) is 5.14. The molecule has 0 atom stereocenters. The van der Waals surface area contributed by atoms with Gasteiger partial charge < -0.3 is 10.6 Å². The lowest BCUT2D eigenvalue weighted by atomic mass is 10.2. The van der Waals surface area contributed by atoms with Gasteiger partial charge in [0.05, 0.1) is 12.1 Å². The second kappa shape index (κ2) is 5.32. The fourth-order valence-electron chi connectivity index (χ4n) is 1.88. The highest BCUT2D eigenvalue weighted by atomic mass is 32.2. The van der Waals surface area contributed by atoms with Crippen LogP contribution in [-0.2, 0) is 4.79 Å². The van der Waals surface area contributed by atoms with Gasteiger partial charge in [-0.2, -0.15) is 13.2 Å². The van der Waals surface area contributed by atoms with Crippen LogP contribution >= 0.6 is 11.8 Å². The fraction of sp³-hybridized carbons (Fsp3) is 0.417. The number of hydrogen-bond donors (Lipinski definition) is 1. The maximum Gasteiger partial charge on any atom is 0.389 e. The van der Waals surface area contributed by atoms with Gasteiger partial charge in [-0.25, -0.2) is 0 Å². The Labute approximate surface area is 112 Å². The first kappa shape index (κ1) is 14.0. The molecule has 2 rings (SSSR count). The van der Waals surface area contributed by atoms with Crippen molar-refractivity contribution in [1.29, 1.82) is 0 Å². The number of nitrogens with two attached hydrogens (primary N) is 1. The number of alkyl halides is 3. The summed E-state index contributed by atoms with van der Waals surface area (Å²) in [5.41, 5.74) is 6.77. The molecule has 1 aromatic carbocycles. The van der Waals surface area contributed by atoms with Crippen molar-refractivity contribution < 1.29 is 18.0 Å². The predicted molar refractivity (Wildman–Crippen MR) is 69.2 cm³/mol. The zero-order valence-electron chi connectivity index (χ0n) is 10.0. The molecule has 0 radical (unpaired) electrons. The Bertz CT molecular complexity index is 490. The topological polar surface area (TPSA) is 46.3 Å². The van der Waals surface area contributed by atoms with E-state index < -0.39 is 24.9 Å². The van der Waals surface area contributed by atoms with Crippen LogP contribution in [0.1, 0.15) is 12.8 Å². The average molecular weight is 290 g/mol. The zero-order chi connectivity index (χ0) is 14.0. The van der Waals surface area contributed by atoms with Crippen LogP contribution in [0, 0.1) is 0 Å². The van der Waals surface area contributed by atoms with Crippen LogP contribution in [-0.4, -0.2) is 24.4 Å². The van der Waals surface area contributed by atoms with Crippen LogP contribution in [0.5, 0.6) is 0 Å². The van der Waals surface area contributed by atoms with Gasteiger partial charge in [0.25, 0.3) is 0 Å². The van der Waals surface area contributed by atoms with E-state index in [0.29, 0.717) is 23.7 Å². The zero-order valence-corrected chi connectivity index (χ0v) is 10.9. The maximum absolute atomic E-state index is 12.1. The van der Waals surface area contributed by atoms with Crippen molar-refractivity contribution in [1.82, 2.24) is 0 Å². The molecular weight excluding hydrogens is 277 g/mol. The first-order valence-electron chi connectivity index (χ1n) is 5.76. The number of carbonyl (C=O) groups excluding carboxylic acids is 1. The van der Waals surface area contributed by atoms with Gasteiger partial charge in [0.15, 0.2) is 0 Å². The van der Waals surface area contributed by atoms with E-state index in [9.17, 15) is 18.0 Å². The lowest BCUT2D eigenvalue weighted by Crippen LogP contribution is -2.36. The molecular formula is C12H13F3N2OS. The first-order chi connectivity index (χ1) is 8.87. The van der Waals surface area contributed by atoms with Crippen molar-refractivity contribution in [3.8, 4) is 0 Å². The van der Waals surface area contributed by atoms with Crippen LogP contribution in [0.3, 0.4) is 0 Å². The Hall–Kier alpha value is -1.37. The second-order valence-electron chi connectivity index (χ2n) is 4.24. The molecule has 1 aliphatic heterocycles. The number of anilines is 2. The van der Waals surface area contributed by atoms with Gasteiger partial charge in [0.2, 0.25) is 5.91 Å². The molecule has 0 bridgehead atoms. The van der Waals surface area contributed by atoms with Crippen molar-refractivity contribution in [3.63, 3.8) is 0 Å². The Balaban J connectivity index is 2.14. The van der Waals surface area contributed by atoms with E-state index in [1.165, 1.54) is 4.90 Å². The van der Waals surface area contributed by atoms with E-state index in [1.807, 2.05) is 0 Å². The highest BCUT2D eigenvalue weighted by Crippen LogP contribution is 2.36. The SMILES string of the molecule is Nc1ccc2c(c1)N(C(=O)CCC(F)(F)F)CCS2. The molecule has 0 aromatic heterocycles. The molecule has 1 heterocycles. The molecule has 104 valence electrons. The van der Waals surface area contributed by atoms with E-state index in [2.05, 4.69) is 0 Å². The monoisotopic (exact) mass is 290 g/mol. The number of nitrogens with zero attached hydrogens (tertiary/aromatic N) is 1. The summed E-state index contributed by atoms with van der Waals surface area (Å²) in [4.78, 5) is 14.2. The molecule has 0 saturated heterocycles. The van der Waals surface area contributed by atoms with E-state index in [0.717, 1.165) is 4.90 Å². The third-order valence-corrected chi connectivity index (χ3v) is 3.81. The number of halogens is 3. The van der Waals surface area contributed by atoms with Crippen molar-refractivity contribution >= 4 is 29.0 Å². The van der Waals surface area contributed by atoms with E-state index in [-0.39, 0.29) is 0 Å². The third-order valence-electron chi connectivity index (χ3n) is 2.77. The summed E-state index contributed by atoms with van der Waals surface area (Å²) in [5, 5.41) is 0. The molecule has 3 nitrogen and oxygen atoms in total. The molecule has 0 aliphatic carbocycles. The largest absolute Gasteiger partial charge is 0.399 e. The maximum atomic E-state index is 12.1. The Kier molecular flexibility index (Phi) is 3.93. The molecule has 2 N–H and O–H groups in total. The summed E-state index contributed by atoms with van der Waals surface area (Å²) < 4.78 is 36.4. The molecule has 7 heteroatoms. The minimum absolute atomic E-state index is 0.414. The van der Waals surface area contributed by atoms with Crippen molar-refractivity contribution in [2.45, 2.75) is 23.9 Å². The molecule has 19 heavy (non-hydrogen) atoms. The molecule has 1 aliphatic rings. The summed E-state index contributed by atoms with van der Waals surface area (Å²) in [7, 11) is 0. The van der Waals surface area contributed by atoms with Crippen molar-refractivity contribution in [2.24, 2.45) is 0 Å². The normalized spacial score (nSPS) is 15.2. The van der Waals surface area contributed by atoms with Gasteiger partial charge in [0.1, 0.15) is 0 Å². The van der Waals surface area contributed by atoms with Gasteiger partial charge in [-0.15, -0.1) is 11.8 Å². The van der Waals surface area contributed by atoms with E-state index >= 15 is 0 Å². The Morgan fingerprint density at radius 3 is 2.84 bits per heavy atom. The number of benzene rings is 1. The molecule has 0 fully saturated rings. The van der Waals surface area contributed by atoms with Crippen LogP contribution in [0.15, 0.2) is 23.1 Å². The molecule has 0 saturated carbocycles. The number of rotatable bonds is 2. The average Bonchev–Trinajstić information content (AvgIpc) is 2.34. The van der Waals surface area contributed by atoms with Gasteiger partial charge in [-0.05, 0) is 18.2 Å². The number of thioether (sulfide) groups is 1. The van der Waals surface area contributed by atoms with Gasteiger partial charge >= 0.3 is 6.18 Å². The molecule has 1 aromatic rings. The number of hydrogen-bond acceptors (Lipinski definition) is 3. The lowest BCUT2D eigenvalue weighted by Gasteiger charge is -2.29. The summed E-state index contributed by atoms with van der Waals surface area (Å²) in [6.07, 6.45) is -5.92. The summed E-state index contributed by atoms with van der Waals surface area (Å²) >= 11 is 1.57. The summed E-state index contributed by atoms with van der Waals surface area (Å²) in [5.74, 6) is 0.166. The Morgan fingerprint density at radius 2 is 2.16 bits per heavy atom. The highest BCUT2D eigenvalue weighted by Gasteiger charge is 2.30. The quantitative estimate of drug-likeness (QED) is 0.852. The van der Waals surface area contributed by atoms with Gasteiger partial charge in [-0.3, -0.25) is 4.79 Å². The van der Waals surface area contributed by atoms with Crippen molar-refractivity contribution in [2.75, 3.05) is 22.9 Å². The minimum atomic E-state index is -4.31. The minimum Gasteiger partial charge on any atom is -0.399 e. The standard InChI is InChI=1S/C12H13F3N2OS/c13-12(14,15)4-3-11(18)17-5-6-19-10-2-1-8(16)7-9(10)17/h1-2,7H,3-6,16H2. The number of amides is 1. The van der Waals surface area contributed by atoms with Gasteiger partial charge in [-0.1, -0.05) is 0 Å². The van der Waals surface area contributed by atoms with Crippen molar-refractivity contribution in [3.05, 3.63) is 18.2 Å².